The summed E-state index contributed by atoms with van der Waals surface area (Å²) < 4.78 is 37.0. The minimum absolute atomic E-state index is 0.0952. The van der Waals surface area contributed by atoms with Crippen LogP contribution in [0.5, 0.6) is 0 Å². The van der Waals surface area contributed by atoms with E-state index in [4.69, 9.17) is 10.2 Å². The third-order valence-electron chi connectivity index (χ3n) is 2.21. The van der Waals surface area contributed by atoms with Gasteiger partial charge in [-0.3, -0.25) is 9.59 Å². The summed E-state index contributed by atoms with van der Waals surface area (Å²) in [5.41, 5.74) is -0.792. The fraction of sp³-hybridized carbons (Fsp3) is 0.273. The van der Waals surface area contributed by atoms with Gasteiger partial charge in [0, 0.05) is 5.69 Å². The molecule has 0 atom stereocenters. The maximum atomic E-state index is 12.3. The highest BCUT2D eigenvalue weighted by molar-refractivity contribution is 5.79. The molecule has 1 aromatic carbocycles. The van der Waals surface area contributed by atoms with Gasteiger partial charge >= 0.3 is 18.1 Å². The van der Waals surface area contributed by atoms with Crippen LogP contribution in [0.2, 0.25) is 0 Å². The topological polar surface area (TPSA) is 77.8 Å². The maximum Gasteiger partial charge on any atom is 0.416 e. The standard InChI is InChI=1S/C11H10F3NO4/c12-11(13,14)7-1-3-8(4-2-7)15(5-9(16)17)6-10(18)19/h1-4H,5-6H2,(H,16,17)(H,18,19). The smallest absolute Gasteiger partial charge is 0.416 e. The Balaban J connectivity index is 2.96. The number of carbonyl (C=O) groups is 2. The molecule has 0 heterocycles. The molecule has 0 aromatic heterocycles. The van der Waals surface area contributed by atoms with E-state index in [1.54, 1.807) is 0 Å². The van der Waals surface area contributed by atoms with Crippen molar-refractivity contribution >= 4 is 17.6 Å². The molecule has 1 rings (SSSR count). The lowest BCUT2D eigenvalue weighted by Crippen LogP contribution is -2.34. The first-order chi connectivity index (χ1) is 8.70. The summed E-state index contributed by atoms with van der Waals surface area (Å²) >= 11 is 0. The molecular weight excluding hydrogens is 267 g/mol. The summed E-state index contributed by atoms with van der Waals surface area (Å²) in [7, 11) is 0. The van der Waals surface area contributed by atoms with E-state index in [1.807, 2.05) is 0 Å². The summed E-state index contributed by atoms with van der Waals surface area (Å²) in [6.45, 7) is -1.23. The second kappa shape index (κ2) is 5.59. The molecule has 0 spiro atoms. The van der Waals surface area contributed by atoms with Crippen LogP contribution in [-0.4, -0.2) is 35.2 Å². The van der Waals surface area contributed by atoms with E-state index in [0.29, 0.717) is 0 Å². The van der Waals surface area contributed by atoms with Crippen molar-refractivity contribution in [2.45, 2.75) is 6.18 Å². The maximum absolute atomic E-state index is 12.3. The molecule has 5 nitrogen and oxygen atoms in total. The summed E-state index contributed by atoms with van der Waals surface area (Å²) in [5, 5.41) is 17.3. The van der Waals surface area contributed by atoms with Crippen LogP contribution in [0.1, 0.15) is 5.56 Å². The predicted octanol–water partition coefficient (Wildman–Crippen LogP) is 1.68. The normalized spacial score (nSPS) is 11.1. The fourth-order valence-electron chi connectivity index (χ4n) is 1.43. The second-order valence-corrected chi connectivity index (χ2v) is 3.69. The summed E-state index contributed by atoms with van der Waals surface area (Å²) in [6, 6.07) is 3.61. The number of halogens is 3. The van der Waals surface area contributed by atoms with E-state index in [9.17, 15) is 22.8 Å². The van der Waals surface area contributed by atoms with Crippen LogP contribution < -0.4 is 4.90 Å². The SMILES string of the molecule is O=C(O)CN(CC(=O)O)c1ccc(C(F)(F)F)cc1. The lowest BCUT2D eigenvalue weighted by molar-refractivity contribution is -0.138. The van der Waals surface area contributed by atoms with Gasteiger partial charge in [0.1, 0.15) is 13.1 Å². The minimum atomic E-state index is -4.50. The molecule has 8 heteroatoms. The van der Waals surface area contributed by atoms with Crippen molar-refractivity contribution in [3.8, 4) is 0 Å². The lowest BCUT2D eigenvalue weighted by Gasteiger charge is -2.21. The van der Waals surface area contributed by atoms with Gasteiger partial charge in [-0.05, 0) is 24.3 Å². The van der Waals surface area contributed by atoms with Crippen LogP contribution in [-0.2, 0) is 15.8 Å². The Morgan fingerprint density at radius 3 is 1.74 bits per heavy atom. The van der Waals surface area contributed by atoms with Gasteiger partial charge in [-0.25, -0.2) is 0 Å². The van der Waals surface area contributed by atoms with Gasteiger partial charge in [0.15, 0.2) is 0 Å². The van der Waals surface area contributed by atoms with Crippen molar-refractivity contribution in [1.29, 1.82) is 0 Å². The van der Waals surface area contributed by atoms with Crippen LogP contribution in [0.15, 0.2) is 24.3 Å². The number of rotatable bonds is 5. The van der Waals surface area contributed by atoms with Crippen LogP contribution in [0.25, 0.3) is 0 Å². The molecule has 0 saturated heterocycles. The van der Waals surface area contributed by atoms with Gasteiger partial charge in [-0.1, -0.05) is 0 Å². The number of hydrogen-bond donors (Lipinski definition) is 2. The number of alkyl halides is 3. The molecular formula is C11H10F3NO4. The molecule has 0 aliphatic heterocycles. The molecule has 0 bridgehead atoms. The highest BCUT2D eigenvalue weighted by Crippen LogP contribution is 2.30. The van der Waals surface area contributed by atoms with Crippen molar-refractivity contribution < 1.29 is 33.0 Å². The molecule has 2 N–H and O–H groups in total. The number of nitrogens with zero attached hydrogens (tertiary/aromatic N) is 1. The highest BCUT2D eigenvalue weighted by atomic mass is 19.4. The van der Waals surface area contributed by atoms with Gasteiger partial charge in [0.2, 0.25) is 0 Å². The lowest BCUT2D eigenvalue weighted by atomic mass is 10.2. The van der Waals surface area contributed by atoms with E-state index in [1.165, 1.54) is 0 Å². The molecule has 19 heavy (non-hydrogen) atoms. The van der Waals surface area contributed by atoms with Crippen LogP contribution in [0.3, 0.4) is 0 Å². The molecule has 0 fully saturated rings. The van der Waals surface area contributed by atoms with E-state index in [2.05, 4.69) is 0 Å². The number of hydrogen-bond acceptors (Lipinski definition) is 3. The summed E-state index contributed by atoms with van der Waals surface area (Å²) in [5.74, 6) is -2.55. The Bertz CT molecular complexity index is 454. The van der Waals surface area contributed by atoms with E-state index in [0.717, 1.165) is 29.2 Å². The molecule has 0 saturated carbocycles. The molecule has 0 unspecified atom stereocenters. The first kappa shape index (κ1) is 14.8. The third kappa shape index (κ3) is 4.49. The van der Waals surface area contributed by atoms with E-state index in [-0.39, 0.29) is 5.69 Å². The number of carboxylic acids is 2. The first-order valence-corrected chi connectivity index (χ1v) is 5.06. The van der Waals surface area contributed by atoms with Crippen LogP contribution in [0, 0.1) is 0 Å². The van der Waals surface area contributed by atoms with Gasteiger partial charge in [-0.2, -0.15) is 13.2 Å². The molecule has 0 radical (unpaired) electrons. The Hall–Kier alpha value is -2.25. The molecule has 1 aromatic rings. The molecule has 0 amide bonds. The third-order valence-corrected chi connectivity index (χ3v) is 2.21. The monoisotopic (exact) mass is 277 g/mol. The van der Waals surface area contributed by atoms with E-state index >= 15 is 0 Å². The Morgan fingerprint density at radius 1 is 1.00 bits per heavy atom. The quantitative estimate of drug-likeness (QED) is 0.856. The van der Waals surface area contributed by atoms with Crippen molar-refractivity contribution in [3.05, 3.63) is 29.8 Å². The number of anilines is 1. The summed E-state index contributed by atoms with van der Waals surface area (Å²) in [6.07, 6.45) is -4.50. The zero-order valence-corrected chi connectivity index (χ0v) is 9.52. The minimum Gasteiger partial charge on any atom is -0.480 e. The largest absolute Gasteiger partial charge is 0.480 e. The number of benzene rings is 1. The molecule has 104 valence electrons. The zero-order chi connectivity index (χ0) is 14.6. The Kier molecular flexibility index (Phi) is 4.36. The Labute approximate surface area is 105 Å². The average Bonchev–Trinajstić information content (AvgIpc) is 2.26. The van der Waals surface area contributed by atoms with Gasteiger partial charge in [-0.15, -0.1) is 0 Å². The molecule has 0 aliphatic rings. The fourth-order valence-corrected chi connectivity index (χ4v) is 1.43. The van der Waals surface area contributed by atoms with Gasteiger partial charge in [0.05, 0.1) is 5.56 Å². The van der Waals surface area contributed by atoms with Crippen LogP contribution in [0.4, 0.5) is 18.9 Å². The first-order valence-electron chi connectivity index (χ1n) is 5.06. The van der Waals surface area contributed by atoms with Crippen molar-refractivity contribution in [2.75, 3.05) is 18.0 Å². The summed E-state index contributed by atoms with van der Waals surface area (Å²) in [4.78, 5) is 22.1. The van der Waals surface area contributed by atoms with Crippen LogP contribution >= 0.6 is 0 Å². The predicted molar refractivity (Wildman–Crippen MR) is 58.9 cm³/mol. The molecule has 0 aliphatic carbocycles. The second-order valence-electron chi connectivity index (χ2n) is 3.69. The van der Waals surface area contributed by atoms with E-state index < -0.39 is 36.8 Å². The van der Waals surface area contributed by atoms with Gasteiger partial charge in [0.25, 0.3) is 0 Å². The van der Waals surface area contributed by atoms with Crippen molar-refractivity contribution in [3.63, 3.8) is 0 Å². The average molecular weight is 277 g/mol. The number of carboxylic acid groups (broad SMARTS) is 2. The number of aliphatic carboxylic acids is 2. The van der Waals surface area contributed by atoms with Crippen molar-refractivity contribution in [1.82, 2.24) is 0 Å². The highest BCUT2D eigenvalue weighted by Gasteiger charge is 2.30. The Morgan fingerprint density at radius 2 is 1.42 bits per heavy atom. The van der Waals surface area contributed by atoms with Crippen molar-refractivity contribution in [2.24, 2.45) is 0 Å². The zero-order valence-electron chi connectivity index (χ0n) is 9.52. The van der Waals surface area contributed by atoms with Gasteiger partial charge < -0.3 is 15.1 Å².